The zero-order valence-corrected chi connectivity index (χ0v) is 10.9. The van der Waals surface area contributed by atoms with Gasteiger partial charge < -0.3 is 10.1 Å². The van der Waals surface area contributed by atoms with Gasteiger partial charge in [0.15, 0.2) is 0 Å². The maximum absolute atomic E-state index is 5.97. The number of ether oxygens (including phenoxy) is 1. The minimum absolute atomic E-state index is 0.304. The van der Waals surface area contributed by atoms with Crippen LogP contribution in [0.15, 0.2) is 48.8 Å². The van der Waals surface area contributed by atoms with Gasteiger partial charge >= 0.3 is 0 Å². The van der Waals surface area contributed by atoms with Crippen molar-refractivity contribution in [3.05, 3.63) is 48.8 Å². The molecule has 1 N–H and O–H groups in total. The number of rotatable bonds is 3. The van der Waals surface area contributed by atoms with Crippen molar-refractivity contribution in [3.8, 4) is 16.9 Å². The van der Waals surface area contributed by atoms with Gasteiger partial charge in [-0.1, -0.05) is 18.2 Å². The van der Waals surface area contributed by atoms with Crippen LogP contribution in [0.1, 0.15) is 12.8 Å². The summed E-state index contributed by atoms with van der Waals surface area (Å²) < 4.78 is 5.97. The summed E-state index contributed by atoms with van der Waals surface area (Å²) in [5.41, 5.74) is 2.30. The summed E-state index contributed by atoms with van der Waals surface area (Å²) in [4.78, 5) is 4.14. The van der Waals surface area contributed by atoms with Gasteiger partial charge in [-0.15, -0.1) is 0 Å². The van der Waals surface area contributed by atoms with Crippen molar-refractivity contribution < 1.29 is 4.74 Å². The number of nitrogens with one attached hydrogen (secondary N) is 1. The van der Waals surface area contributed by atoms with E-state index >= 15 is 0 Å². The van der Waals surface area contributed by atoms with Crippen LogP contribution in [0, 0.1) is 0 Å². The first-order valence-corrected chi connectivity index (χ1v) is 6.80. The number of piperidine rings is 1. The second kappa shape index (κ2) is 5.85. The largest absolute Gasteiger partial charge is 0.489 e. The molecule has 1 aliphatic heterocycles. The molecule has 0 bridgehead atoms. The van der Waals surface area contributed by atoms with Crippen LogP contribution in [0.25, 0.3) is 11.1 Å². The standard InChI is InChI=1S/C16H18N2O/c1-3-14(11-17-9-1)13-5-7-15(8-6-13)19-16-4-2-10-18-12-16/h1,3,5-9,11,16,18H,2,4,10,12H2. The van der Waals surface area contributed by atoms with E-state index in [4.69, 9.17) is 4.74 Å². The average Bonchev–Trinajstić information content (AvgIpc) is 2.50. The third-order valence-corrected chi connectivity index (χ3v) is 3.40. The maximum Gasteiger partial charge on any atom is 0.119 e. The van der Waals surface area contributed by atoms with E-state index < -0.39 is 0 Å². The molecule has 3 nitrogen and oxygen atoms in total. The summed E-state index contributed by atoms with van der Waals surface area (Å²) in [5, 5.41) is 3.36. The molecule has 2 heterocycles. The molecule has 0 radical (unpaired) electrons. The number of hydrogen-bond acceptors (Lipinski definition) is 3. The van der Waals surface area contributed by atoms with Crippen molar-refractivity contribution >= 4 is 0 Å². The molecule has 1 unspecified atom stereocenters. The van der Waals surface area contributed by atoms with E-state index in [1.807, 2.05) is 24.4 Å². The summed E-state index contributed by atoms with van der Waals surface area (Å²) in [6.07, 6.45) is 6.30. The van der Waals surface area contributed by atoms with Crippen molar-refractivity contribution in [1.29, 1.82) is 0 Å². The van der Waals surface area contributed by atoms with Crippen LogP contribution >= 0.6 is 0 Å². The predicted molar refractivity (Wildman–Crippen MR) is 76.2 cm³/mol. The van der Waals surface area contributed by atoms with Crippen LogP contribution in [0.4, 0.5) is 0 Å². The molecule has 0 aliphatic carbocycles. The smallest absolute Gasteiger partial charge is 0.119 e. The highest BCUT2D eigenvalue weighted by Gasteiger charge is 2.14. The van der Waals surface area contributed by atoms with Crippen LogP contribution in [-0.2, 0) is 0 Å². The molecule has 19 heavy (non-hydrogen) atoms. The van der Waals surface area contributed by atoms with Crippen molar-refractivity contribution in [3.63, 3.8) is 0 Å². The third kappa shape index (κ3) is 3.12. The van der Waals surface area contributed by atoms with E-state index in [1.54, 1.807) is 6.20 Å². The fourth-order valence-corrected chi connectivity index (χ4v) is 2.37. The minimum Gasteiger partial charge on any atom is -0.489 e. The van der Waals surface area contributed by atoms with Gasteiger partial charge in [-0.3, -0.25) is 4.98 Å². The van der Waals surface area contributed by atoms with E-state index in [-0.39, 0.29) is 0 Å². The zero-order valence-electron chi connectivity index (χ0n) is 10.9. The second-order valence-electron chi connectivity index (χ2n) is 4.85. The van der Waals surface area contributed by atoms with E-state index in [0.717, 1.165) is 30.8 Å². The van der Waals surface area contributed by atoms with Crippen LogP contribution in [-0.4, -0.2) is 24.2 Å². The van der Waals surface area contributed by atoms with Crippen molar-refractivity contribution in [1.82, 2.24) is 10.3 Å². The topological polar surface area (TPSA) is 34.1 Å². The molecule has 3 heteroatoms. The second-order valence-corrected chi connectivity index (χ2v) is 4.85. The van der Waals surface area contributed by atoms with Crippen LogP contribution in [0.2, 0.25) is 0 Å². The molecule has 1 aliphatic rings. The van der Waals surface area contributed by atoms with Gasteiger partial charge in [-0.05, 0) is 48.7 Å². The lowest BCUT2D eigenvalue weighted by molar-refractivity contribution is 0.167. The molecule has 0 spiro atoms. The van der Waals surface area contributed by atoms with Crippen molar-refractivity contribution in [2.45, 2.75) is 18.9 Å². The Morgan fingerprint density at radius 1 is 1.11 bits per heavy atom. The number of nitrogens with zero attached hydrogens (tertiary/aromatic N) is 1. The molecular weight excluding hydrogens is 236 g/mol. The SMILES string of the molecule is c1cncc(-c2ccc(OC3CCCNC3)cc2)c1. The molecule has 3 rings (SSSR count). The molecule has 0 amide bonds. The highest BCUT2D eigenvalue weighted by atomic mass is 16.5. The molecule has 1 atom stereocenters. The summed E-state index contributed by atoms with van der Waals surface area (Å²) in [7, 11) is 0. The molecule has 1 aromatic heterocycles. The van der Waals surface area contributed by atoms with E-state index in [1.165, 1.54) is 12.0 Å². The van der Waals surface area contributed by atoms with Crippen LogP contribution < -0.4 is 10.1 Å². The molecule has 1 saturated heterocycles. The first kappa shape index (κ1) is 12.2. The molecule has 2 aromatic rings. The van der Waals surface area contributed by atoms with Crippen molar-refractivity contribution in [2.24, 2.45) is 0 Å². The summed E-state index contributed by atoms with van der Waals surface area (Å²) in [6.45, 7) is 2.06. The lowest BCUT2D eigenvalue weighted by atomic mass is 10.1. The minimum atomic E-state index is 0.304. The first-order chi connectivity index (χ1) is 9.42. The first-order valence-electron chi connectivity index (χ1n) is 6.80. The normalized spacial score (nSPS) is 19.1. The number of hydrogen-bond donors (Lipinski definition) is 1. The number of pyridine rings is 1. The Hall–Kier alpha value is -1.87. The fourth-order valence-electron chi connectivity index (χ4n) is 2.37. The van der Waals surface area contributed by atoms with Gasteiger partial charge in [0.05, 0.1) is 0 Å². The Bertz CT molecular complexity index is 504. The van der Waals surface area contributed by atoms with Gasteiger partial charge in [-0.2, -0.15) is 0 Å². The van der Waals surface area contributed by atoms with Crippen LogP contribution in [0.5, 0.6) is 5.75 Å². The summed E-state index contributed by atoms with van der Waals surface area (Å²) >= 11 is 0. The lowest BCUT2D eigenvalue weighted by Gasteiger charge is -2.24. The van der Waals surface area contributed by atoms with Gasteiger partial charge in [0.2, 0.25) is 0 Å². The third-order valence-electron chi connectivity index (χ3n) is 3.40. The number of benzene rings is 1. The zero-order chi connectivity index (χ0) is 12.9. The summed E-state index contributed by atoms with van der Waals surface area (Å²) in [6, 6.07) is 12.3. The predicted octanol–water partition coefficient (Wildman–Crippen LogP) is 2.88. The van der Waals surface area contributed by atoms with Crippen LogP contribution in [0.3, 0.4) is 0 Å². The van der Waals surface area contributed by atoms with Gasteiger partial charge in [0.25, 0.3) is 0 Å². The van der Waals surface area contributed by atoms with E-state index in [2.05, 4.69) is 28.5 Å². The number of aromatic nitrogens is 1. The van der Waals surface area contributed by atoms with Gasteiger partial charge in [0.1, 0.15) is 11.9 Å². The van der Waals surface area contributed by atoms with Gasteiger partial charge in [0, 0.05) is 18.9 Å². The Morgan fingerprint density at radius 2 is 2.00 bits per heavy atom. The maximum atomic E-state index is 5.97. The Morgan fingerprint density at radius 3 is 2.68 bits per heavy atom. The van der Waals surface area contributed by atoms with Crippen molar-refractivity contribution in [2.75, 3.05) is 13.1 Å². The quantitative estimate of drug-likeness (QED) is 0.914. The lowest BCUT2D eigenvalue weighted by Crippen LogP contribution is -2.37. The molecule has 98 valence electrons. The van der Waals surface area contributed by atoms with Gasteiger partial charge in [-0.25, -0.2) is 0 Å². The average molecular weight is 254 g/mol. The fraction of sp³-hybridized carbons (Fsp3) is 0.312. The molecule has 0 saturated carbocycles. The molecular formula is C16H18N2O. The Labute approximate surface area is 113 Å². The Kier molecular flexibility index (Phi) is 3.75. The monoisotopic (exact) mass is 254 g/mol. The summed E-state index contributed by atoms with van der Waals surface area (Å²) in [5.74, 6) is 0.946. The van der Waals surface area contributed by atoms with E-state index in [9.17, 15) is 0 Å². The van der Waals surface area contributed by atoms with E-state index in [0.29, 0.717) is 6.10 Å². The molecule has 1 aromatic carbocycles. The highest BCUT2D eigenvalue weighted by molar-refractivity contribution is 5.62. The Balaban J connectivity index is 1.68. The molecule has 1 fully saturated rings. The highest BCUT2D eigenvalue weighted by Crippen LogP contribution is 2.22.